The maximum Gasteiger partial charge on any atom is 0.338 e. The van der Waals surface area contributed by atoms with E-state index in [9.17, 15) is 13.6 Å². The highest BCUT2D eigenvalue weighted by Gasteiger charge is 2.23. The van der Waals surface area contributed by atoms with E-state index in [1.165, 1.54) is 24.3 Å². The Balaban J connectivity index is 1.86. The predicted molar refractivity (Wildman–Crippen MR) is 74.4 cm³/mol. The van der Waals surface area contributed by atoms with E-state index in [2.05, 4.69) is 5.32 Å². The molecule has 1 aliphatic rings. The van der Waals surface area contributed by atoms with E-state index in [0.29, 0.717) is 5.69 Å². The zero-order valence-corrected chi connectivity index (χ0v) is 11.1. The summed E-state index contributed by atoms with van der Waals surface area (Å²) in [4.78, 5) is 10.9. The summed E-state index contributed by atoms with van der Waals surface area (Å²) in [5, 5.41) is 12.1. The van der Waals surface area contributed by atoms with Crippen molar-refractivity contribution in [2.75, 3.05) is 5.32 Å². The Morgan fingerprint density at radius 3 is 2.76 bits per heavy atom. The standard InChI is InChI=1S/C16H13F2NO2/c17-10-2-4-12-9(7-10)1-6-15(12)19-11-3-5-14(18)13(8-11)16(20)21/h2-5,7-8,15,19H,1,6H2,(H,20,21). The van der Waals surface area contributed by atoms with Crippen molar-refractivity contribution in [3.8, 4) is 0 Å². The average Bonchev–Trinajstić information content (AvgIpc) is 2.83. The molecule has 2 N–H and O–H groups in total. The first-order valence-corrected chi connectivity index (χ1v) is 6.62. The fourth-order valence-corrected chi connectivity index (χ4v) is 2.72. The molecule has 0 heterocycles. The largest absolute Gasteiger partial charge is 0.478 e. The molecule has 0 spiro atoms. The third kappa shape index (κ3) is 2.59. The molecule has 2 aromatic rings. The second kappa shape index (κ2) is 5.16. The van der Waals surface area contributed by atoms with E-state index in [1.54, 1.807) is 6.07 Å². The van der Waals surface area contributed by atoms with Gasteiger partial charge in [0.25, 0.3) is 0 Å². The van der Waals surface area contributed by atoms with Gasteiger partial charge >= 0.3 is 5.97 Å². The number of carboxylic acid groups (broad SMARTS) is 1. The molecule has 2 aromatic carbocycles. The molecule has 21 heavy (non-hydrogen) atoms. The van der Waals surface area contributed by atoms with Crippen LogP contribution in [0.3, 0.4) is 0 Å². The second-order valence-electron chi connectivity index (χ2n) is 5.08. The molecular weight excluding hydrogens is 276 g/mol. The van der Waals surface area contributed by atoms with Crippen LogP contribution in [0.25, 0.3) is 0 Å². The first-order chi connectivity index (χ1) is 10.0. The van der Waals surface area contributed by atoms with Gasteiger partial charge in [-0.1, -0.05) is 6.07 Å². The minimum Gasteiger partial charge on any atom is -0.478 e. The maximum absolute atomic E-state index is 13.4. The summed E-state index contributed by atoms with van der Waals surface area (Å²) in [5.41, 5.74) is 2.12. The molecule has 0 aromatic heterocycles. The van der Waals surface area contributed by atoms with Crippen molar-refractivity contribution < 1.29 is 18.7 Å². The van der Waals surface area contributed by atoms with Crippen LogP contribution in [0.15, 0.2) is 36.4 Å². The Kier molecular flexibility index (Phi) is 3.33. The van der Waals surface area contributed by atoms with Gasteiger partial charge in [-0.3, -0.25) is 0 Å². The molecule has 0 bridgehead atoms. The second-order valence-corrected chi connectivity index (χ2v) is 5.08. The number of nitrogens with one attached hydrogen (secondary N) is 1. The number of benzene rings is 2. The Morgan fingerprint density at radius 1 is 1.19 bits per heavy atom. The molecule has 0 amide bonds. The van der Waals surface area contributed by atoms with E-state index in [4.69, 9.17) is 5.11 Å². The van der Waals surface area contributed by atoms with Gasteiger partial charge in [-0.15, -0.1) is 0 Å². The molecular formula is C16H13F2NO2. The summed E-state index contributed by atoms with van der Waals surface area (Å²) < 4.78 is 26.5. The van der Waals surface area contributed by atoms with Crippen molar-refractivity contribution in [1.82, 2.24) is 0 Å². The summed E-state index contributed by atoms with van der Waals surface area (Å²) in [6.45, 7) is 0. The molecule has 1 aliphatic carbocycles. The number of aromatic carboxylic acids is 1. The van der Waals surface area contributed by atoms with Gasteiger partial charge in [0.1, 0.15) is 11.6 Å². The minimum atomic E-state index is -1.30. The quantitative estimate of drug-likeness (QED) is 0.904. The first-order valence-electron chi connectivity index (χ1n) is 6.62. The molecule has 0 saturated heterocycles. The summed E-state index contributed by atoms with van der Waals surface area (Å²) in [6, 6.07) is 8.55. The zero-order valence-electron chi connectivity index (χ0n) is 11.1. The Hall–Kier alpha value is -2.43. The lowest BCUT2D eigenvalue weighted by Gasteiger charge is -2.16. The Morgan fingerprint density at radius 2 is 2.00 bits per heavy atom. The lowest BCUT2D eigenvalue weighted by molar-refractivity contribution is 0.0692. The van der Waals surface area contributed by atoms with E-state index >= 15 is 0 Å². The van der Waals surface area contributed by atoms with Gasteiger partial charge in [0.15, 0.2) is 0 Å². The number of carbonyl (C=O) groups is 1. The van der Waals surface area contributed by atoms with Crippen LogP contribution in [0.5, 0.6) is 0 Å². The molecule has 0 aliphatic heterocycles. The van der Waals surface area contributed by atoms with Crippen LogP contribution in [0.2, 0.25) is 0 Å². The van der Waals surface area contributed by atoms with Gasteiger partial charge in [-0.25, -0.2) is 13.6 Å². The normalized spacial score (nSPS) is 16.6. The molecule has 3 rings (SSSR count). The van der Waals surface area contributed by atoms with Crippen LogP contribution in [0, 0.1) is 11.6 Å². The lowest BCUT2D eigenvalue weighted by atomic mass is 10.1. The highest BCUT2D eigenvalue weighted by molar-refractivity contribution is 5.89. The fraction of sp³-hybridized carbons (Fsp3) is 0.188. The highest BCUT2D eigenvalue weighted by atomic mass is 19.1. The van der Waals surface area contributed by atoms with Crippen LogP contribution >= 0.6 is 0 Å². The van der Waals surface area contributed by atoms with Gasteiger partial charge in [-0.05, 0) is 54.3 Å². The molecule has 0 saturated carbocycles. The smallest absolute Gasteiger partial charge is 0.338 e. The highest BCUT2D eigenvalue weighted by Crippen LogP contribution is 2.34. The monoisotopic (exact) mass is 289 g/mol. The summed E-state index contributed by atoms with van der Waals surface area (Å²) >= 11 is 0. The van der Waals surface area contributed by atoms with Crippen molar-refractivity contribution >= 4 is 11.7 Å². The minimum absolute atomic E-state index is 0.0206. The van der Waals surface area contributed by atoms with E-state index in [-0.39, 0.29) is 17.4 Å². The summed E-state index contributed by atoms with van der Waals surface area (Å²) in [5.74, 6) is -2.32. The molecule has 1 unspecified atom stereocenters. The third-order valence-electron chi connectivity index (χ3n) is 3.72. The summed E-state index contributed by atoms with van der Waals surface area (Å²) in [7, 11) is 0. The van der Waals surface area contributed by atoms with Gasteiger partial charge in [0.05, 0.1) is 11.6 Å². The number of aryl methyl sites for hydroxylation is 1. The molecule has 1 atom stereocenters. The first kappa shape index (κ1) is 13.5. The predicted octanol–water partition coefficient (Wildman–Crippen LogP) is 3.76. The van der Waals surface area contributed by atoms with Crippen molar-refractivity contribution in [2.24, 2.45) is 0 Å². The van der Waals surface area contributed by atoms with Crippen LogP contribution in [-0.4, -0.2) is 11.1 Å². The SMILES string of the molecule is O=C(O)c1cc(NC2CCc3cc(F)ccc32)ccc1F. The van der Waals surface area contributed by atoms with Gasteiger partial charge in [0, 0.05) is 5.69 Å². The topological polar surface area (TPSA) is 49.3 Å². The van der Waals surface area contributed by atoms with E-state index < -0.39 is 11.8 Å². The molecule has 0 radical (unpaired) electrons. The van der Waals surface area contributed by atoms with E-state index in [1.807, 2.05) is 0 Å². The molecule has 0 fully saturated rings. The summed E-state index contributed by atoms with van der Waals surface area (Å²) in [6.07, 6.45) is 1.55. The number of hydrogen-bond acceptors (Lipinski definition) is 2. The van der Waals surface area contributed by atoms with Crippen molar-refractivity contribution in [3.63, 3.8) is 0 Å². The molecule has 3 nitrogen and oxygen atoms in total. The van der Waals surface area contributed by atoms with Crippen molar-refractivity contribution in [2.45, 2.75) is 18.9 Å². The molecule has 108 valence electrons. The number of anilines is 1. The van der Waals surface area contributed by atoms with E-state index in [0.717, 1.165) is 30.0 Å². The van der Waals surface area contributed by atoms with Crippen LogP contribution in [0.1, 0.15) is 33.9 Å². The van der Waals surface area contributed by atoms with Crippen LogP contribution in [0.4, 0.5) is 14.5 Å². The van der Waals surface area contributed by atoms with Crippen molar-refractivity contribution in [1.29, 1.82) is 0 Å². The van der Waals surface area contributed by atoms with Gasteiger partial charge in [0.2, 0.25) is 0 Å². The van der Waals surface area contributed by atoms with Gasteiger partial charge in [-0.2, -0.15) is 0 Å². The maximum atomic E-state index is 13.4. The van der Waals surface area contributed by atoms with Gasteiger partial charge < -0.3 is 10.4 Å². The average molecular weight is 289 g/mol. The number of carboxylic acids is 1. The molecule has 5 heteroatoms. The zero-order chi connectivity index (χ0) is 15.0. The third-order valence-corrected chi connectivity index (χ3v) is 3.72. The Bertz CT molecular complexity index is 715. The van der Waals surface area contributed by atoms with Crippen LogP contribution in [-0.2, 0) is 6.42 Å². The number of hydrogen-bond donors (Lipinski definition) is 2. The lowest BCUT2D eigenvalue weighted by Crippen LogP contribution is -2.09. The van der Waals surface area contributed by atoms with Crippen molar-refractivity contribution in [3.05, 3.63) is 64.7 Å². The Labute approximate surface area is 120 Å². The number of fused-ring (bicyclic) bond motifs is 1. The fourth-order valence-electron chi connectivity index (χ4n) is 2.72. The van der Waals surface area contributed by atoms with Crippen LogP contribution < -0.4 is 5.32 Å². The number of rotatable bonds is 3. The number of halogens is 2.